The number of anilines is 1. The highest BCUT2D eigenvalue weighted by molar-refractivity contribution is 8.00. The lowest BCUT2D eigenvalue weighted by molar-refractivity contribution is -0.115. The van der Waals surface area contributed by atoms with E-state index in [1.165, 1.54) is 28.6 Å². The zero-order valence-corrected chi connectivity index (χ0v) is 14.6. The molecule has 3 aromatic rings. The number of carbonyl (C=O) groups is 1. The number of thioether (sulfide) groups is 1. The third-order valence-corrected chi connectivity index (χ3v) is 4.55. The van der Waals surface area contributed by atoms with Crippen LogP contribution in [-0.2, 0) is 4.79 Å². The Bertz CT molecular complexity index is 889. The van der Waals surface area contributed by atoms with E-state index < -0.39 is 11.1 Å². The summed E-state index contributed by atoms with van der Waals surface area (Å²) in [5, 5.41) is 14.3. The van der Waals surface area contributed by atoms with Gasteiger partial charge in [-0.05, 0) is 47.7 Å². The second-order valence-corrected chi connectivity index (χ2v) is 6.83. The van der Waals surface area contributed by atoms with Gasteiger partial charge in [0.05, 0.1) is 16.6 Å². The highest BCUT2D eigenvalue weighted by atomic mass is 35.5. The Labute approximate surface area is 152 Å². The van der Waals surface area contributed by atoms with Crippen molar-refractivity contribution in [1.82, 2.24) is 20.2 Å². The summed E-state index contributed by atoms with van der Waals surface area (Å²) in [6.07, 6.45) is 0. The molecule has 0 aliphatic heterocycles. The highest BCUT2D eigenvalue weighted by Crippen LogP contribution is 2.25. The summed E-state index contributed by atoms with van der Waals surface area (Å²) in [7, 11) is 0. The Balaban J connectivity index is 1.71. The number of aromatic nitrogens is 4. The van der Waals surface area contributed by atoms with Crippen LogP contribution >= 0.6 is 23.4 Å². The van der Waals surface area contributed by atoms with Crippen LogP contribution in [0.15, 0.2) is 53.7 Å². The van der Waals surface area contributed by atoms with Gasteiger partial charge in [0.15, 0.2) is 0 Å². The first-order valence-electron chi connectivity index (χ1n) is 7.31. The maximum atomic E-state index is 13.8. The lowest BCUT2D eigenvalue weighted by Gasteiger charge is -2.12. The van der Waals surface area contributed by atoms with Gasteiger partial charge in [-0.15, -0.1) is 5.10 Å². The summed E-state index contributed by atoms with van der Waals surface area (Å²) in [6.45, 7) is 1.69. The van der Waals surface area contributed by atoms with Gasteiger partial charge < -0.3 is 5.32 Å². The molecule has 25 heavy (non-hydrogen) atoms. The number of tetrazole rings is 1. The summed E-state index contributed by atoms with van der Waals surface area (Å²) in [4.78, 5) is 12.3. The molecule has 9 heteroatoms. The molecule has 0 aliphatic rings. The zero-order valence-electron chi connectivity index (χ0n) is 13.1. The summed E-state index contributed by atoms with van der Waals surface area (Å²) in [5.74, 6) is -0.957. The van der Waals surface area contributed by atoms with E-state index in [-0.39, 0.29) is 16.6 Å². The van der Waals surface area contributed by atoms with Crippen LogP contribution in [-0.4, -0.2) is 31.4 Å². The van der Waals surface area contributed by atoms with Crippen molar-refractivity contribution in [2.24, 2.45) is 0 Å². The van der Waals surface area contributed by atoms with Crippen LogP contribution < -0.4 is 5.32 Å². The smallest absolute Gasteiger partial charge is 0.237 e. The third kappa shape index (κ3) is 4.15. The molecule has 0 bridgehead atoms. The second-order valence-electron chi connectivity index (χ2n) is 5.08. The Hall–Kier alpha value is -2.45. The zero-order chi connectivity index (χ0) is 17.8. The van der Waals surface area contributed by atoms with Crippen LogP contribution in [0.2, 0.25) is 5.02 Å². The number of carbonyl (C=O) groups excluding carboxylic acids is 1. The van der Waals surface area contributed by atoms with Gasteiger partial charge in [-0.3, -0.25) is 4.79 Å². The van der Waals surface area contributed by atoms with Crippen molar-refractivity contribution in [3.8, 4) is 5.69 Å². The van der Waals surface area contributed by atoms with Crippen LogP contribution in [0.5, 0.6) is 0 Å². The van der Waals surface area contributed by atoms with Crippen molar-refractivity contribution < 1.29 is 9.18 Å². The van der Waals surface area contributed by atoms with E-state index in [2.05, 4.69) is 20.8 Å². The largest absolute Gasteiger partial charge is 0.323 e. The van der Waals surface area contributed by atoms with Crippen molar-refractivity contribution in [2.45, 2.75) is 17.3 Å². The molecule has 1 amide bonds. The molecule has 0 spiro atoms. The van der Waals surface area contributed by atoms with Gasteiger partial charge in [0.2, 0.25) is 11.1 Å². The Morgan fingerprint density at radius 1 is 1.28 bits per heavy atom. The number of para-hydroxylation sites is 1. The fourth-order valence-corrected chi connectivity index (χ4v) is 2.99. The number of nitrogens with zero attached hydrogens (tertiary/aromatic N) is 4. The summed E-state index contributed by atoms with van der Waals surface area (Å²) in [6, 6.07) is 13.4. The predicted octanol–water partition coefficient (Wildman–Crippen LogP) is 3.57. The first-order chi connectivity index (χ1) is 12.0. The molecule has 0 saturated heterocycles. The molecular weight excluding hydrogens is 365 g/mol. The molecule has 1 N–H and O–H groups in total. The van der Waals surface area contributed by atoms with E-state index in [1.807, 2.05) is 30.3 Å². The maximum Gasteiger partial charge on any atom is 0.237 e. The van der Waals surface area contributed by atoms with Gasteiger partial charge in [0.25, 0.3) is 0 Å². The quantitative estimate of drug-likeness (QED) is 0.688. The minimum atomic E-state index is -0.591. The van der Waals surface area contributed by atoms with Crippen LogP contribution in [0.4, 0.5) is 10.1 Å². The van der Waals surface area contributed by atoms with Crippen molar-refractivity contribution in [3.05, 3.63) is 59.4 Å². The fraction of sp³-hybridized carbons (Fsp3) is 0.125. The molecule has 0 fully saturated rings. The molecule has 0 aliphatic carbocycles. The van der Waals surface area contributed by atoms with E-state index in [0.29, 0.717) is 5.16 Å². The van der Waals surface area contributed by atoms with E-state index >= 15 is 0 Å². The van der Waals surface area contributed by atoms with Crippen molar-refractivity contribution in [2.75, 3.05) is 5.32 Å². The molecule has 0 radical (unpaired) electrons. The summed E-state index contributed by atoms with van der Waals surface area (Å²) < 4.78 is 15.3. The van der Waals surface area contributed by atoms with Crippen molar-refractivity contribution in [3.63, 3.8) is 0 Å². The molecule has 1 atom stereocenters. The minimum Gasteiger partial charge on any atom is -0.323 e. The van der Waals surface area contributed by atoms with E-state index in [9.17, 15) is 9.18 Å². The number of amides is 1. The highest BCUT2D eigenvalue weighted by Gasteiger charge is 2.20. The Kier molecular flexibility index (Phi) is 5.30. The van der Waals surface area contributed by atoms with E-state index in [0.717, 1.165) is 11.8 Å². The standard InChI is InChI=1S/C16H13ClFN5OS/c1-10(15(24)19-14-8-7-11(17)9-13(14)18)25-16-20-21-22-23(16)12-5-3-2-4-6-12/h2-10H,1H3,(H,19,24). The van der Waals surface area contributed by atoms with Crippen LogP contribution in [0.1, 0.15) is 6.92 Å². The van der Waals surface area contributed by atoms with Gasteiger partial charge in [-0.1, -0.05) is 41.6 Å². The first kappa shape index (κ1) is 17.4. The fourth-order valence-electron chi connectivity index (χ4n) is 2.02. The summed E-state index contributed by atoms with van der Waals surface area (Å²) >= 11 is 6.88. The number of hydrogen-bond donors (Lipinski definition) is 1. The molecule has 6 nitrogen and oxygen atoms in total. The van der Waals surface area contributed by atoms with E-state index in [4.69, 9.17) is 11.6 Å². The van der Waals surface area contributed by atoms with E-state index in [1.54, 1.807) is 6.92 Å². The van der Waals surface area contributed by atoms with Gasteiger partial charge in [-0.2, -0.15) is 4.68 Å². The monoisotopic (exact) mass is 377 g/mol. The number of rotatable bonds is 5. The molecule has 1 heterocycles. The predicted molar refractivity (Wildman–Crippen MR) is 94.5 cm³/mol. The Morgan fingerprint density at radius 3 is 2.76 bits per heavy atom. The number of halogens is 2. The van der Waals surface area contributed by atoms with Crippen LogP contribution in [0.25, 0.3) is 5.69 Å². The van der Waals surface area contributed by atoms with Crippen molar-refractivity contribution in [1.29, 1.82) is 0 Å². The van der Waals surface area contributed by atoms with Gasteiger partial charge >= 0.3 is 0 Å². The lowest BCUT2D eigenvalue weighted by atomic mass is 10.3. The molecule has 3 rings (SSSR count). The molecule has 2 aromatic carbocycles. The molecule has 1 aromatic heterocycles. The summed E-state index contributed by atoms with van der Waals surface area (Å²) in [5.41, 5.74) is 0.857. The lowest BCUT2D eigenvalue weighted by Crippen LogP contribution is -2.23. The Morgan fingerprint density at radius 2 is 2.04 bits per heavy atom. The van der Waals surface area contributed by atoms with Gasteiger partial charge in [-0.25, -0.2) is 4.39 Å². The van der Waals surface area contributed by atoms with Crippen LogP contribution in [0.3, 0.4) is 0 Å². The number of benzene rings is 2. The minimum absolute atomic E-state index is 0.0736. The second kappa shape index (κ2) is 7.62. The normalized spacial score (nSPS) is 12.0. The van der Waals surface area contributed by atoms with Gasteiger partial charge in [0.1, 0.15) is 5.82 Å². The third-order valence-electron chi connectivity index (χ3n) is 3.28. The number of hydrogen-bond acceptors (Lipinski definition) is 5. The van der Waals surface area contributed by atoms with Crippen molar-refractivity contribution >= 4 is 35.0 Å². The maximum absolute atomic E-state index is 13.8. The topological polar surface area (TPSA) is 72.7 Å². The average molecular weight is 378 g/mol. The van der Waals surface area contributed by atoms with Gasteiger partial charge in [0, 0.05) is 5.02 Å². The average Bonchev–Trinajstić information content (AvgIpc) is 3.06. The molecular formula is C16H13ClFN5OS. The first-order valence-corrected chi connectivity index (χ1v) is 8.57. The molecule has 1 unspecified atom stereocenters. The van der Waals surface area contributed by atoms with Crippen LogP contribution in [0, 0.1) is 5.82 Å². The number of nitrogens with one attached hydrogen (secondary N) is 1. The molecule has 0 saturated carbocycles. The SMILES string of the molecule is CC(Sc1nnnn1-c1ccccc1)C(=O)Nc1ccc(Cl)cc1F. The molecule has 128 valence electrons.